The number of benzene rings is 3. The summed E-state index contributed by atoms with van der Waals surface area (Å²) in [6.45, 7) is 2.25. The van der Waals surface area contributed by atoms with Gasteiger partial charge in [0.15, 0.2) is 11.5 Å². The minimum absolute atomic E-state index is 0.0584. The van der Waals surface area contributed by atoms with Gasteiger partial charge in [-0.1, -0.05) is 42.5 Å². The molecule has 2 amide bonds. The maximum atomic E-state index is 13.5. The number of hydrogen-bond donors (Lipinski definition) is 1. The van der Waals surface area contributed by atoms with Crippen molar-refractivity contribution in [1.29, 1.82) is 0 Å². The van der Waals surface area contributed by atoms with E-state index in [1.807, 2.05) is 71.6 Å². The Morgan fingerprint density at radius 3 is 2.40 bits per heavy atom. The van der Waals surface area contributed by atoms with Crippen molar-refractivity contribution in [3.63, 3.8) is 0 Å². The zero-order chi connectivity index (χ0) is 24.6. The van der Waals surface area contributed by atoms with E-state index in [0.717, 1.165) is 34.5 Å². The van der Waals surface area contributed by atoms with Crippen molar-refractivity contribution in [3.05, 3.63) is 83.4 Å². The molecule has 1 fully saturated rings. The third-order valence-corrected chi connectivity index (χ3v) is 6.12. The monoisotopic (exact) mass is 476 g/mol. The number of anilines is 1. The molecule has 0 unspecified atom stereocenters. The van der Waals surface area contributed by atoms with E-state index < -0.39 is 0 Å². The summed E-state index contributed by atoms with van der Waals surface area (Å²) in [7, 11) is 3.23. The fourth-order valence-corrected chi connectivity index (χ4v) is 4.26. The highest BCUT2D eigenvalue weighted by Gasteiger charge is 2.28. The van der Waals surface area contributed by atoms with Crippen molar-refractivity contribution in [3.8, 4) is 17.2 Å². The Morgan fingerprint density at radius 1 is 0.857 bits per heavy atom. The largest absolute Gasteiger partial charge is 0.496 e. The summed E-state index contributed by atoms with van der Waals surface area (Å²) in [5, 5.41) is 9.21. The number of amides is 2. The van der Waals surface area contributed by atoms with Gasteiger partial charge in [-0.2, -0.15) is 0 Å². The number of methoxy groups -OCH3 is 2. The molecule has 184 valence electrons. The lowest BCUT2D eigenvalue weighted by Gasteiger charge is -2.36. The van der Waals surface area contributed by atoms with Crippen molar-refractivity contribution < 1.29 is 24.1 Å². The molecule has 0 spiro atoms. The van der Waals surface area contributed by atoms with E-state index >= 15 is 0 Å². The molecule has 0 bridgehead atoms. The van der Waals surface area contributed by atoms with Gasteiger partial charge in [0.1, 0.15) is 12.4 Å². The molecule has 3 aromatic carbocycles. The predicted octanol–water partition coefficient (Wildman–Crippen LogP) is 4.65. The van der Waals surface area contributed by atoms with Crippen LogP contribution >= 0.6 is 0 Å². The molecule has 35 heavy (non-hydrogen) atoms. The van der Waals surface area contributed by atoms with Gasteiger partial charge in [0.2, 0.25) is 0 Å². The Kier molecular flexibility index (Phi) is 8.11. The van der Waals surface area contributed by atoms with Crippen LogP contribution < -0.4 is 19.1 Å². The van der Waals surface area contributed by atoms with Crippen molar-refractivity contribution in [1.82, 2.24) is 4.90 Å². The maximum Gasteiger partial charge on any atom is 0.324 e. The minimum Gasteiger partial charge on any atom is -0.496 e. The standard InChI is InChI=1S/C28H32N2O5/c1-33-25-12-11-24(18-27(25)35-20-22-7-4-3-5-8-22)30-15-6-14-29(28(30)32)19-23-10-9-21(13-16-31)17-26(23)34-2/h3-5,7-12,17-18,31H,6,13-16,19-20H2,1-2H3. The second-order valence-corrected chi connectivity index (χ2v) is 8.44. The number of rotatable bonds is 10. The van der Waals surface area contributed by atoms with Crippen LogP contribution in [0, 0.1) is 0 Å². The van der Waals surface area contributed by atoms with Crippen LogP contribution in [0.25, 0.3) is 0 Å². The number of aliphatic hydroxyl groups is 1. The Labute approximate surface area is 206 Å². The van der Waals surface area contributed by atoms with E-state index in [1.54, 1.807) is 19.1 Å². The number of ether oxygens (including phenoxy) is 3. The molecule has 0 atom stereocenters. The second-order valence-electron chi connectivity index (χ2n) is 8.44. The Balaban J connectivity index is 1.51. The van der Waals surface area contributed by atoms with Gasteiger partial charge in [0, 0.05) is 37.0 Å². The van der Waals surface area contributed by atoms with Crippen LogP contribution in [0.5, 0.6) is 17.2 Å². The highest BCUT2D eigenvalue weighted by atomic mass is 16.5. The highest BCUT2D eigenvalue weighted by molar-refractivity contribution is 5.93. The van der Waals surface area contributed by atoms with Gasteiger partial charge < -0.3 is 24.2 Å². The molecular weight excluding hydrogens is 444 g/mol. The van der Waals surface area contributed by atoms with E-state index in [1.165, 1.54) is 0 Å². The molecule has 0 aromatic heterocycles. The van der Waals surface area contributed by atoms with E-state index in [4.69, 9.17) is 14.2 Å². The molecule has 1 aliphatic heterocycles. The van der Waals surface area contributed by atoms with Gasteiger partial charge in [-0.3, -0.25) is 4.90 Å². The zero-order valence-electron chi connectivity index (χ0n) is 20.3. The molecule has 1 saturated heterocycles. The summed E-state index contributed by atoms with van der Waals surface area (Å²) in [5.41, 5.74) is 3.76. The number of nitrogens with zero attached hydrogens (tertiary/aromatic N) is 2. The molecule has 4 rings (SSSR count). The summed E-state index contributed by atoms with van der Waals surface area (Å²) < 4.78 is 17.1. The third kappa shape index (κ3) is 5.87. The van der Waals surface area contributed by atoms with Gasteiger partial charge in [-0.25, -0.2) is 4.79 Å². The second kappa shape index (κ2) is 11.6. The first-order chi connectivity index (χ1) is 17.1. The molecule has 1 heterocycles. The van der Waals surface area contributed by atoms with Gasteiger partial charge in [0.05, 0.1) is 20.8 Å². The molecule has 7 heteroatoms. The van der Waals surface area contributed by atoms with Gasteiger partial charge in [-0.05, 0) is 42.2 Å². The lowest BCUT2D eigenvalue weighted by atomic mass is 10.1. The normalized spacial score (nSPS) is 13.6. The van der Waals surface area contributed by atoms with E-state index in [0.29, 0.717) is 44.2 Å². The smallest absolute Gasteiger partial charge is 0.324 e. The van der Waals surface area contributed by atoms with Crippen LogP contribution in [-0.2, 0) is 19.6 Å². The SMILES string of the molecule is COc1cc(CCO)ccc1CN1CCCN(c2ccc(OC)c(OCc3ccccc3)c2)C1=O. The number of aliphatic hydroxyl groups excluding tert-OH is 1. The van der Waals surface area contributed by atoms with Crippen molar-refractivity contribution >= 4 is 11.7 Å². The average Bonchev–Trinajstić information content (AvgIpc) is 2.90. The number of hydrogen-bond acceptors (Lipinski definition) is 5. The summed E-state index contributed by atoms with van der Waals surface area (Å²) in [6, 6.07) is 21.3. The summed E-state index contributed by atoms with van der Waals surface area (Å²) in [5.74, 6) is 1.94. The van der Waals surface area contributed by atoms with Crippen LogP contribution in [0.15, 0.2) is 66.7 Å². The van der Waals surface area contributed by atoms with Crippen LogP contribution in [-0.4, -0.2) is 50.0 Å². The van der Waals surface area contributed by atoms with Gasteiger partial charge in [0.25, 0.3) is 0 Å². The predicted molar refractivity (Wildman–Crippen MR) is 135 cm³/mol. The quantitative estimate of drug-likeness (QED) is 0.461. The maximum absolute atomic E-state index is 13.5. The van der Waals surface area contributed by atoms with Crippen molar-refractivity contribution in [2.24, 2.45) is 0 Å². The number of urea groups is 1. The van der Waals surface area contributed by atoms with Crippen molar-refractivity contribution in [2.45, 2.75) is 26.0 Å². The molecular formula is C28H32N2O5. The van der Waals surface area contributed by atoms with Gasteiger partial charge >= 0.3 is 6.03 Å². The Morgan fingerprint density at radius 2 is 1.66 bits per heavy atom. The Bertz CT molecular complexity index is 1140. The van der Waals surface area contributed by atoms with E-state index in [9.17, 15) is 9.90 Å². The lowest BCUT2D eigenvalue weighted by molar-refractivity contribution is 0.191. The van der Waals surface area contributed by atoms with Crippen LogP contribution in [0.2, 0.25) is 0 Å². The molecule has 7 nitrogen and oxygen atoms in total. The highest BCUT2D eigenvalue weighted by Crippen LogP contribution is 2.34. The average molecular weight is 477 g/mol. The zero-order valence-corrected chi connectivity index (χ0v) is 20.3. The fourth-order valence-electron chi connectivity index (χ4n) is 4.26. The van der Waals surface area contributed by atoms with Crippen molar-refractivity contribution in [2.75, 3.05) is 38.8 Å². The molecule has 0 aliphatic carbocycles. The first-order valence-corrected chi connectivity index (χ1v) is 11.8. The summed E-state index contributed by atoms with van der Waals surface area (Å²) in [6.07, 6.45) is 1.42. The van der Waals surface area contributed by atoms with E-state index in [-0.39, 0.29) is 12.6 Å². The van der Waals surface area contributed by atoms with E-state index in [2.05, 4.69) is 0 Å². The molecule has 1 aliphatic rings. The fraction of sp³-hybridized carbons (Fsp3) is 0.321. The third-order valence-electron chi connectivity index (χ3n) is 6.12. The van der Waals surface area contributed by atoms with Crippen LogP contribution in [0.1, 0.15) is 23.1 Å². The number of carbonyl (C=O) groups is 1. The molecule has 3 aromatic rings. The molecule has 0 saturated carbocycles. The topological polar surface area (TPSA) is 71.5 Å². The molecule has 1 N–H and O–H groups in total. The summed E-state index contributed by atoms with van der Waals surface area (Å²) >= 11 is 0. The lowest BCUT2D eigenvalue weighted by Crippen LogP contribution is -2.49. The minimum atomic E-state index is -0.0584. The van der Waals surface area contributed by atoms with Crippen LogP contribution in [0.4, 0.5) is 10.5 Å². The first-order valence-electron chi connectivity index (χ1n) is 11.8. The number of carbonyl (C=O) groups excluding carboxylic acids is 1. The molecule has 0 radical (unpaired) electrons. The summed E-state index contributed by atoms with van der Waals surface area (Å²) in [4.78, 5) is 17.1. The van der Waals surface area contributed by atoms with Gasteiger partial charge in [-0.15, -0.1) is 0 Å². The first kappa shape index (κ1) is 24.4. The Hall–Kier alpha value is -3.71. The van der Waals surface area contributed by atoms with Crippen LogP contribution in [0.3, 0.4) is 0 Å².